The molecular formula is C19H22NO7P. The van der Waals surface area contributed by atoms with E-state index in [1.54, 1.807) is 37.4 Å². The van der Waals surface area contributed by atoms with Gasteiger partial charge in [0, 0.05) is 5.56 Å². The SMILES string of the molecule is COOP(=O)(OC(=O)[C@@H]1CCCN1)Oc1ccccc1-c1ccc(OC)cc1. The third kappa shape index (κ3) is 4.91. The first-order valence-corrected chi connectivity index (χ1v) is 10.2. The van der Waals surface area contributed by atoms with Crippen molar-refractivity contribution in [3.63, 3.8) is 0 Å². The van der Waals surface area contributed by atoms with Crippen LogP contribution in [0.15, 0.2) is 48.5 Å². The van der Waals surface area contributed by atoms with E-state index in [9.17, 15) is 9.36 Å². The number of hydrogen-bond donors (Lipinski definition) is 1. The molecule has 8 nitrogen and oxygen atoms in total. The summed E-state index contributed by atoms with van der Waals surface area (Å²) in [5.74, 6) is 0.216. The van der Waals surface area contributed by atoms with Gasteiger partial charge in [-0.25, -0.2) is 14.2 Å². The van der Waals surface area contributed by atoms with Gasteiger partial charge in [0.25, 0.3) is 0 Å². The number of carbonyl (C=O) groups is 1. The van der Waals surface area contributed by atoms with Crippen LogP contribution < -0.4 is 14.6 Å². The Bertz CT molecular complexity index is 850. The molecule has 0 saturated carbocycles. The van der Waals surface area contributed by atoms with Gasteiger partial charge in [0.05, 0.1) is 14.2 Å². The second-order valence-corrected chi connectivity index (χ2v) is 7.47. The average Bonchev–Trinajstić information content (AvgIpc) is 3.23. The van der Waals surface area contributed by atoms with Gasteiger partial charge in [0.1, 0.15) is 17.5 Å². The summed E-state index contributed by atoms with van der Waals surface area (Å²) >= 11 is 0. The van der Waals surface area contributed by atoms with E-state index in [1.165, 1.54) is 0 Å². The number of ether oxygens (including phenoxy) is 1. The van der Waals surface area contributed by atoms with Crippen LogP contribution in [0.4, 0.5) is 0 Å². The highest BCUT2D eigenvalue weighted by Gasteiger charge is 2.38. The molecule has 28 heavy (non-hydrogen) atoms. The predicted octanol–water partition coefficient (Wildman–Crippen LogP) is 3.72. The highest BCUT2D eigenvalue weighted by molar-refractivity contribution is 7.49. The Labute approximate surface area is 163 Å². The van der Waals surface area contributed by atoms with Crippen LogP contribution in [0.3, 0.4) is 0 Å². The topological polar surface area (TPSA) is 92.3 Å². The number of benzene rings is 2. The van der Waals surface area contributed by atoms with E-state index in [0.717, 1.165) is 19.1 Å². The third-order valence-corrected chi connectivity index (χ3v) is 5.37. The normalized spacial score (nSPS) is 18.3. The van der Waals surface area contributed by atoms with Gasteiger partial charge in [-0.05, 0) is 43.1 Å². The molecule has 1 fully saturated rings. The summed E-state index contributed by atoms with van der Waals surface area (Å²) in [5, 5.41) is 2.97. The Kier molecular flexibility index (Phi) is 6.70. The zero-order chi connectivity index (χ0) is 20.0. The van der Waals surface area contributed by atoms with Crippen molar-refractivity contribution < 1.29 is 32.7 Å². The Morgan fingerprint density at radius 2 is 1.86 bits per heavy atom. The first-order chi connectivity index (χ1) is 13.5. The summed E-state index contributed by atoms with van der Waals surface area (Å²) in [6.07, 6.45) is 1.42. The van der Waals surface area contributed by atoms with Crippen LogP contribution in [0.1, 0.15) is 12.8 Å². The van der Waals surface area contributed by atoms with E-state index >= 15 is 0 Å². The summed E-state index contributed by atoms with van der Waals surface area (Å²) in [4.78, 5) is 16.8. The summed E-state index contributed by atoms with van der Waals surface area (Å²) in [6.45, 7) is 0.691. The molecule has 1 aliphatic rings. The van der Waals surface area contributed by atoms with Crippen LogP contribution in [-0.2, 0) is 23.4 Å². The quantitative estimate of drug-likeness (QED) is 0.402. The maximum absolute atomic E-state index is 13.0. The van der Waals surface area contributed by atoms with Crippen LogP contribution in [0.25, 0.3) is 11.1 Å². The fraction of sp³-hybridized carbons (Fsp3) is 0.316. The van der Waals surface area contributed by atoms with Gasteiger partial charge in [0.2, 0.25) is 0 Å². The van der Waals surface area contributed by atoms with Crippen LogP contribution in [-0.4, -0.2) is 32.8 Å². The summed E-state index contributed by atoms with van der Waals surface area (Å²) in [5.41, 5.74) is 1.43. The van der Waals surface area contributed by atoms with Crippen molar-refractivity contribution in [2.45, 2.75) is 18.9 Å². The molecule has 1 heterocycles. The predicted molar refractivity (Wildman–Crippen MR) is 102 cm³/mol. The molecule has 3 rings (SSSR count). The van der Waals surface area contributed by atoms with Crippen LogP contribution >= 0.6 is 7.82 Å². The number of carbonyl (C=O) groups excluding carboxylic acids is 1. The number of nitrogens with one attached hydrogen (secondary N) is 1. The molecular weight excluding hydrogens is 385 g/mol. The molecule has 2 aromatic carbocycles. The van der Waals surface area contributed by atoms with Crippen LogP contribution in [0.5, 0.6) is 11.5 Å². The highest BCUT2D eigenvalue weighted by Crippen LogP contribution is 2.52. The Hall–Kier alpha value is -2.38. The van der Waals surface area contributed by atoms with Crippen molar-refractivity contribution in [2.24, 2.45) is 0 Å². The molecule has 1 unspecified atom stereocenters. The fourth-order valence-electron chi connectivity index (χ4n) is 2.88. The van der Waals surface area contributed by atoms with Crippen molar-refractivity contribution in [1.29, 1.82) is 0 Å². The number of phosphoric acid groups is 1. The molecule has 1 aliphatic heterocycles. The van der Waals surface area contributed by atoms with Crippen molar-refractivity contribution in [1.82, 2.24) is 5.32 Å². The Morgan fingerprint density at radius 1 is 1.11 bits per heavy atom. The van der Waals surface area contributed by atoms with Gasteiger partial charge in [-0.2, -0.15) is 0 Å². The zero-order valence-electron chi connectivity index (χ0n) is 15.6. The maximum atomic E-state index is 13.0. The molecule has 0 amide bonds. The summed E-state index contributed by atoms with van der Waals surface area (Å²) < 4.78 is 33.5. The lowest BCUT2D eigenvalue weighted by atomic mass is 10.0. The van der Waals surface area contributed by atoms with Crippen molar-refractivity contribution in [3.05, 3.63) is 48.5 Å². The molecule has 2 atom stereocenters. The molecule has 0 bridgehead atoms. The van der Waals surface area contributed by atoms with E-state index in [4.69, 9.17) is 18.5 Å². The fourth-order valence-corrected chi connectivity index (χ4v) is 3.90. The lowest BCUT2D eigenvalue weighted by Crippen LogP contribution is -2.32. The summed E-state index contributed by atoms with van der Waals surface area (Å²) in [7, 11) is -1.61. The van der Waals surface area contributed by atoms with Crippen LogP contribution in [0, 0.1) is 0 Å². The summed E-state index contributed by atoms with van der Waals surface area (Å²) in [6, 6.07) is 13.6. The molecule has 2 aromatic rings. The van der Waals surface area contributed by atoms with Gasteiger partial charge in [-0.1, -0.05) is 30.3 Å². The minimum Gasteiger partial charge on any atom is -0.497 e. The van der Waals surface area contributed by atoms with E-state index < -0.39 is 19.8 Å². The monoisotopic (exact) mass is 407 g/mol. The average molecular weight is 407 g/mol. The first-order valence-electron chi connectivity index (χ1n) is 8.77. The molecule has 150 valence electrons. The number of hydrogen-bond acceptors (Lipinski definition) is 8. The van der Waals surface area contributed by atoms with Gasteiger partial charge in [-0.15, -0.1) is 4.67 Å². The Morgan fingerprint density at radius 3 is 2.50 bits per heavy atom. The highest BCUT2D eigenvalue weighted by atomic mass is 31.2. The van der Waals surface area contributed by atoms with E-state index in [1.807, 2.05) is 18.2 Å². The number of phosphoric ester groups is 1. The standard InChI is InChI=1S/C19H22NO7P/c1-23-15-11-9-14(10-12-15)16-6-3-4-8-18(16)25-28(22,27-24-2)26-19(21)17-7-5-13-20-17/h3-4,6,8-12,17,20H,5,7,13H2,1-2H3/t17-,28?/m0/s1. The molecule has 1 N–H and O–H groups in total. The van der Waals surface area contributed by atoms with Crippen LogP contribution in [0.2, 0.25) is 0 Å². The zero-order valence-corrected chi connectivity index (χ0v) is 16.5. The van der Waals surface area contributed by atoms with E-state index in [2.05, 4.69) is 10.2 Å². The lowest BCUT2D eigenvalue weighted by molar-refractivity contribution is -0.198. The number of para-hydroxylation sites is 1. The number of rotatable bonds is 8. The maximum Gasteiger partial charge on any atom is 0.618 e. The minimum atomic E-state index is -4.35. The Balaban J connectivity index is 1.84. The smallest absolute Gasteiger partial charge is 0.497 e. The van der Waals surface area contributed by atoms with Gasteiger partial charge >= 0.3 is 13.8 Å². The van der Waals surface area contributed by atoms with Crippen molar-refractivity contribution in [3.8, 4) is 22.6 Å². The van der Waals surface area contributed by atoms with Gasteiger partial charge < -0.3 is 19.1 Å². The third-order valence-electron chi connectivity index (χ3n) is 4.21. The number of methoxy groups -OCH3 is 1. The van der Waals surface area contributed by atoms with Gasteiger partial charge in [0.15, 0.2) is 0 Å². The molecule has 0 radical (unpaired) electrons. The van der Waals surface area contributed by atoms with E-state index in [-0.39, 0.29) is 5.75 Å². The van der Waals surface area contributed by atoms with E-state index in [0.29, 0.717) is 24.3 Å². The minimum absolute atomic E-state index is 0.222. The molecule has 1 saturated heterocycles. The largest absolute Gasteiger partial charge is 0.618 e. The second-order valence-electron chi connectivity index (χ2n) is 6.06. The first kappa shape index (κ1) is 20.4. The molecule has 0 aliphatic carbocycles. The van der Waals surface area contributed by atoms with Gasteiger partial charge in [-0.3, -0.25) is 0 Å². The van der Waals surface area contributed by atoms with Crippen molar-refractivity contribution in [2.75, 3.05) is 20.8 Å². The molecule has 0 aromatic heterocycles. The molecule has 9 heteroatoms. The molecule has 0 spiro atoms. The second kappa shape index (κ2) is 9.21. The van der Waals surface area contributed by atoms with Crippen molar-refractivity contribution >= 4 is 13.8 Å². The lowest BCUT2D eigenvalue weighted by Gasteiger charge is -2.19.